The highest BCUT2D eigenvalue weighted by Crippen LogP contribution is 2.12. The minimum absolute atomic E-state index is 0.447. The first-order chi connectivity index (χ1) is 9.15. The molecule has 1 N–H and O–H groups in total. The summed E-state index contributed by atoms with van der Waals surface area (Å²) in [4.78, 5) is 4.29. The maximum absolute atomic E-state index is 5.72. The topological polar surface area (TPSA) is 38.1 Å². The van der Waals surface area contributed by atoms with Crippen molar-refractivity contribution in [2.75, 3.05) is 0 Å². The first-order valence-electron chi connectivity index (χ1n) is 6.86. The highest BCUT2D eigenvalue weighted by Gasteiger charge is 2.05. The summed E-state index contributed by atoms with van der Waals surface area (Å²) in [5.74, 6) is 1.73. The van der Waals surface area contributed by atoms with Crippen LogP contribution >= 0.6 is 0 Å². The molecule has 0 aliphatic rings. The Morgan fingerprint density at radius 2 is 2.00 bits per heavy atom. The molecule has 1 aromatic heterocycles. The smallest absolute Gasteiger partial charge is 0.208 e. The summed E-state index contributed by atoms with van der Waals surface area (Å²) in [5.41, 5.74) is 2.71. The van der Waals surface area contributed by atoms with E-state index in [2.05, 4.69) is 55.3 Å². The van der Waals surface area contributed by atoms with Crippen molar-refractivity contribution in [2.24, 2.45) is 0 Å². The summed E-state index contributed by atoms with van der Waals surface area (Å²) >= 11 is 0. The molecule has 3 nitrogen and oxygen atoms in total. The van der Waals surface area contributed by atoms with Crippen molar-refractivity contribution >= 4 is 0 Å². The zero-order valence-corrected chi connectivity index (χ0v) is 11.9. The van der Waals surface area contributed by atoms with E-state index in [0.717, 1.165) is 24.5 Å². The number of aromatic nitrogens is 1. The maximum Gasteiger partial charge on any atom is 0.208 e. The molecule has 2 aromatic rings. The van der Waals surface area contributed by atoms with Crippen LogP contribution in [0.4, 0.5) is 0 Å². The molecule has 0 radical (unpaired) electrons. The van der Waals surface area contributed by atoms with E-state index in [4.69, 9.17) is 4.42 Å². The van der Waals surface area contributed by atoms with Gasteiger partial charge in [0.1, 0.15) is 5.76 Å². The van der Waals surface area contributed by atoms with Gasteiger partial charge in [-0.2, -0.15) is 0 Å². The normalized spacial score (nSPS) is 11.2. The Kier molecular flexibility index (Phi) is 4.74. The lowest BCUT2D eigenvalue weighted by Gasteiger charge is -2.04. The third-order valence-corrected chi connectivity index (χ3v) is 3.16. The van der Waals surface area contributed by atoms with Crippen LogP contribution < -0.4 is 5.32 Å². The van der Waals surface area contributed by atoms with E-state index < -0.39 is 0 Å². The summed E-state index contributed by atoms with van der Waals surface area (Å²) in [6.45, 7) is 7.07. The second-order valence-electron chi connectivity index (χ2n) is 5.18. The molecule has 0 saturated heterocycles. The average Bonchev–Trinajstić information content (AvgIpc) is 2.83. The Balaban J connectivity index is 1.88. The lowest BCUT2D eigenvalue weighted by molar-refractivity contribution is 0.424. The number of aryl methyl sites for hydroxylation is 3. The molecule has 102 valence electrons. The van der Waals surface area contributed by atoms with Crippen LogP contribution in [0.5, 0.6) is 0 Å². The Labute approximate surface area is 115 Å². The van der Waals surface area contributed by atoms with Crippen LogP contribution in [0.1, 0.15) is 36.6 Å². The van der Waals surface area contributed by atoms with Crippen LogP contribution in [0.25, 0.3) is 0 Å². The van der Waals surface area contributed by atoms with Gasteiger partial charge in [0, 0.05) is 12.5 Å². The van der Waals surface area contributed by atoms with Crippen molar-refractivity contribution in [3.05, 3.63) is 53.2 Å². The van der Waals surface area contributed by atoms with Gasteiger partial charge >= 0.3 is 0 Å². The van der Waals surface area contributed by atoms with Gasteiger partial charge in [-0.1, -0.05) is 38.1 Å². The number of benzene rings is 1. The fourth-order valence-corrected chi connectivity index (χ4v) is 1.99. The van der Waals surface area contributed by atoms with Gasteiger partial charge in [0.15, 0.2) is 0 Å². The standard InChI is InChI=1S/C16H22N2O/c1-12(2)17-11-16-18-10-15(19-16)9-8-14-7-5-4-6-13(14)3/h4-7,10,12,17H,8-9,11H2,1-3H3. The maximum atomic E-state index is 5.72. The fraction of sp³-hybridized carbons (Fsp3) is 0.438. The lowest BCUT2D eigenvalue weighted by Crippen LogP contribution is -2.21. The van der Waals surface area contributed by atoms with Crippen LogP contribution in [0.2, 0.25) is 0 Å². The van der Waals surface area contributed by atoms with Gasteiger partial charge in [0.05, 0.1) is 12.7 Å². The molecule has 1 aromatic carbocycles. The Morgan fingerprint density at radius 3 is 2.74 bits per heavy atom. The molecule has 0 fully saturated rings. The highest BCUT2D eigenvalue weighted by molar-refractivity contribution is 5.26. The molecule has 0 unspecified atom stereocenters. The van der Waals surface area contributed by atoms with Gasteiger partial charge in [-0.15, -0.1) is 0 Å². The number of rotatable bonds is 6. The van der Waals surface area contributed by atoms with Gasteiger partial charge in [0.25, 0.3) is 0 Å². The Bertz CT molecular complexity index is 517. The van der Waals surface area contributed by atoms with Gasteiger partial charge < -0.3 is 9.73 Å². The quantitative estimate of drug-likeness (QED) is 0.864. The molecule has 19 heavy (non-hydrogen) atoms. The Hall–Kier alpha value is -1.61. The van der Waals surface area contributed by atoms with E-state index in [9.17, 15) is 0 Å². The summed E-state index contributed by atoms with van der Waals surface area (Å²) in [5, 5.41) is 3.30. The van der Waals surface area contributed by atoms with Gasteiger partial charge in [-0.05, 0) is 24.5 Å². The van der Waals surface area contributed by atoms with E-state index in [1.807, 2.05) is 6.20 Å². The van der Waals surface area contributed by atoms with Crippen LogP contribution in [-0.4, -0.2) is 11.0 Å². The molecule has 0 atom stereocenters. The summed E-state index contributed by atoms with van der Waals surface area (Å²) in [6, 6.07) is 8.92. The van der Waals surface area contributed by atoms with Crippen molar-refractivity contribution < 1.29 is 4.42 Å². The third kappa shape index (κ3) is 4.21. The molecule has 0 spiro atoms. The van der Waals surface area contributed by atoms with Crippen LogP contribution in [0, 0.1) is 6.92 Å². The van der Waals surface area contributed by atoms with Crippen LogP contribution in [0.3, 0.4) is 0 Å². The number of oxazole rings is 1. The molecule has 0 aliphatic heterocycles. The SMILES string of the molecule is Cc1ccccc1CCc1cnc(CNC(C)C)o1. The number of nitrogens with one attached hydrogen (secondary N) is 1. The molecular weight excluding hydrogens is 236 g/mol. The number of hydrogen-bond acceptors (Lipinski definition) is 3. The highest BCUT2D eigenvalue weighted by atomic mass is 16.4. The number of hydrogen-bond donors (Lipinski definition) is 1. The summed E-state index contributed by atoms with van der Waals surface area (Å²) < 4.78 is 5.72. The van der Waals surface area contributed by atoms with Gasteiger partial charge in [-0.3, -0.25) is 0 Å². The fourth-order valence-electron chi connectivity index (χ4n) is 1.99. The average molecular weight is 258 g/mol. The lowest BCUT2D eigenvalue weighted by atomic mass is 10.0. The first-order valence-corrected chi connectivity index (χ1v) is 6.86. The van der Waals surface area contributed by atoms with Crippen LogP contribution in [0.15, 0.2) is 34.9 Å². The predicted octanol–water partition coefficient (Wildman–Crippen LogP) is 3.27. The Morgan fingerprint density at radius 1 is 1.21 bits per heavy atom. The van der Waals surface area contributed by atoms with Crippen molar-refractivity contribution in [1.82, 2.24) is 10.3 Å². The molecule has 1 heterocycles. The molecule has 0 amide bonds. The molecule has 0 saturated carbocycles. The van der Waals surface area contributed by atoms with Crippen molar-refractivity contribution in [1.29, 1.82) is 0 Å². The summed E-state index contributed by atoms with van der Waals surface area (Å²) in [7, 11) is 0. The van der Waals surface area contributed by atoms with E-state index >= 15 is 0 Å². The molecule has 2 rings (SSSR count). The van der Waals surface area contributed by atoms with Gasteiger partial charge in [-0.25, -0.2) is 4.98 Å². The van der Waals surface area contributed by atoms with Gasteiger partial charge in [0.2, 0.25) is 5.89 Å². The molecular formula is C16H22N2O. The van der Waals surface area contributed by atoms with E-state index in [0.29, 0.717) is 12.6 Å². The van der Waals surface area contributed by atoms with E-state index in [1.165, 1.54) is 11.1 Å². The zero-order valence-electron chi connectivity index (χ0n) is 11.9. The molecule has 0 bridgehead atoms. The number of nitrogens with zero attached hydrogens (tertiary/aromatic N) is 1. The first kappa shape index (κ1) is 13.8. The minimum atomic E-state index is 0.447. The van der Waals surface area contributed by atoms with E-state index in [1.54, 1.807) is 0 Å². The van der Waals surface area contributed by atoms with Crippen molar-refractivity contribution in [2.45, 2.75) is 46.2 Å². The second-order valence-corrected chi connectivity index (χ2v) is 5.18. The van der Waals surface area contributed by atoms with Crippen molar-refractivity contribution in [3.8, 4) is 0 Å². The van der Waals surface area contributed by atoms with Crippen molar-refractivity contribution in [3.63, 3.8) is 0 Å². The predicted molar refractivity (Wildman–Crippen MR) is 77.1 cm³/mol. The minimum Gasteiger partial charge on any atom is -0.444 e. The third-order valence-electron chi connectivity index (χ3n) is 3.16. The van der Waals surface area contributed by atoms with E-state index in [-0.39, 0.29) is 0 Å². The molecule has 0 aliphatic carbocycles. The largest absolute Gasteiger partial charge is 0.444 e. The molecule has 3 heteroatoms. The second kappa shape index (κ2) is 6.53. The van der Waals surface area contributed by atoms with Crippen LogP contribution in [-0.2, 0) is 19.4 Å². The summed E-state index contributed by atoms with van der Waals surface area (Å²) in [6.07, 6.45) is 3.74. The monoisotopic (exact) mass is 258 g/mol. The zero-order chi connectivity index (χ0) is 13.7.